The van der Waals surface area contributed by atoms with Gasteiger partial charge < -0.3 is 10.3 Å². The SMILES string of the molecule is Cc1cc2c(cc1C(C)(C)C)c(C(=O)C(N)=O)cn2C. The number of Topliss-reactive ketones (excluding diaryl/α,β-unsaturated/α-hetero) is 1. The minimum absolute atomic E-state index is 0.0266. The first kappa shape index (κ1) is 14.3. The molecule has 2 aromatic rings. The van der Waals surface area contributed by atoms with E-state index >= 15 is 0 Å². The van der Waals surface area contributed by atoms with E-state index in [1.165, 1.54) is 5.56 Å². The fourth-order valence-electron chi connectivity index (χ4n) is 2.65. The average molecular weight is 272 g/mol. The number of nitrogens with zero attached hydrogens (tertiary/aromatic N) is 1. The van der Waals surface area contributed by atoms with Crippen molar-refractivity contribution >= 4 is 22.6 Å². The molecule has 1 amide bonds. The summed E-state index contributed by atoms with van der Waals surface area (Å²) in [7, 11) is 1.86. The summed E-state index contributed by atoms with van der Waals surface area (Å²) in [6.07, 6.45) is 1.67. The number of aromatic nitrogens is 1. The van der Waals surface area contributed by atoms with Crippen molar-refractivity contribution in [2.45, 2.75) is 33.1 Å². The van der Waals surface area contributed by atoms with E-state index in [1.54, 1.807) is 6.20 Å². The van der Waals surface area contributed by atoms with Gasteiger partial charge in [-0.2, -0.15) is 0 Å². The lowest BCUT2D eigenvalue weighted by molar-refractivity contribution is -0.114. The molecule has 0 aliphatic heterocycles. The van der Waals surface area contributed by atoms with Crippen LogP contribution in [-0.4, -0.2) is 16.3 Å². The molecule has 1 heterocycles. The number of hydrogen-bond acceptors (Lipinski definition) is 2. The van der Waals surface area contributed by atoms with E-state index in [-0.39, 0.29) is 5.41 Å². The van der Waals surface area contributed by atoms with Gasteiger partial charge in [0.2, 0.25) is 0 Å². The van der Waals surface area contributed by atoms with Crippen molar-refractivity contribution in [1.82, 2.24) is 4.57 Å². The largest absolute Gasteiger partial charge is 0.363 e. The number of nitrogens with two attached hydrogens (primary N) is 1. The Hall–Kier alpha value is -2.10. The fourth-order valence-corrected chi connectivity index (χ4v) is 2.65. The van der Waals surface area contributed by atoms with Gasteiger partial charge in [0, 0.05) is 24.1 Å². The Labute approximate surface area is 118 Å². The molecule has 0 spiro atoms. The standard InChI is InChI=1S/C16H20N2O2/c1-9-6-13-10(7-12(9)16(2,3)4)11(8-18(13)5)14(19)15(17)20/h6-8H,1-5H3,(H2,17,20). The van der Waals surface area contributed by atoms with E-state index in [0.717, 1.165) is 16.5 Å². The van der Waals surface area contributed by atoms with Crippen molar-refractivity contribution in [1.29, 1.82) is 0 Å². The Morgan fingerprint density at radius 3 is 2.30 bits per heavy atom. The molecule has 0 radical (unpaired) electrons. The van der Waals surface area contributed by atoms with E-state index in [1.807, 2.05) is 23.7 Å². The number of hydrogen-bond donors (Lipinski definition) is 1. The van der Waals surface area contributed by atoms with Gasteiger partial charge in [0.25, 0.3) is 11.7 Å². The average Bonchev–Trinajstić information content (AvgIpc) is 2.63. The molecule has 0 bridgehead atoms. The highest BCUT2D eigenvalue weighted by atomic mass is 16.2. The highest BCUT2D eigenvalue weighted by molar-refractivity contribution is 6.44. The first-order valence-electron chi connectivity index (χ1n) is 6.57. The molecule has 0 aliphatic rings. The topological polar surface area (TPSA) is 65.1 Å². The van der Waals surface area contributed by atoms with Crippen LogP contribution in [0.1, 0.15) is 42.3 Å². The van der Waals surface area contributed by atoms with Crippen molar-refractivity contribution in [2.24, 2.45) is 12.8 Å². The molecule has 0 aliphatic carbocycles. The molecule has 4 nitrogen and oxygen atoms in total. The number of amides is 1. The zero-order valence-corrected chi connectivity index (χ0v) is 12.6. The lowest BCUT2D eigenvalue weighted by Crippen LogP contribution is -2.23. The van der Waals surface area contributed by atoms with Gasteiger partial charge in [0.05, 0.1) is 5.56 Å². The smallest absolute Gasteiger partial charge is 0.289 e. The molecule has 1 aromatic carbocycles. The molecule has 1 aromatic heterocycles. The Morgan fingerprint density at radius 2 is 1.80 bits per heavy atom. The predicted molar refractivity (Wildman–Crippen MR) is 79.9 cm³/mol. The summed E-state index contributed by atoms with van der Waals surface area (Å²) in [5.41, 5.74) is 8.74. The normalized spacial score (nSPS) is 11.8. The molecular formula is C16H20N2O2. The van der Waals surface area contributed by atoms with Gasteiger partial charge >= 0.3 is 0 Å². The van der Waals surface area contributed by atoms with E-state index in [4.69, 9.17) is 5.73 Å². The third-order valence-electron chi connectivity index (χ3n) is 3.61. The molecular weight excluding hydrogens is 252 g/mol. The Bertz CT molecular complexity index is 718. The number of carbonyl (C=O) groups is 2. The van der Waals surface area contributed by atoms with Crippen LogP contribution in [0.25, 0.3) is 10.9 Å². The Balaban J connectivity index is 2.81. The van der Waals surface area contributed by atoms with Crippen molar-refractivity contribution in [2.75, 3.05) is 0 Å². The summed E-state index contributed by atoms with van der Waals surface area (Å²) in [4.78, 5) is 23.1. The molecule has 4 heteroatoms. The van der Waals surface area contributed by atoms with Crippen LogP contribution in [0.4, 0.5) is 0 Å². The van der Waals surface area contributed by atoms with Gasteiger partial charge in [-0.15, -0.1) is 0 Å². The van der Waals surface area contributed by atoms with Crippen molar-refractivity contribution in [3.8, 4) is 0 Å². The number of rotatable bonds is 2. The molecule has 0 unspecified atom stereocenters. The van der Waals surface area contributed by atoms with Crippen LogP contribution in [-0.2, 0) is 17.3 Å². The summed E-state index contributed by atoms with van der Waals surface area (Å²) in [6.45, 7) is 8.43. The minimum atomic E-state index is -0.921. The molecule has 0 fully saturated rings. The maximum Gasteiger partial charge on any atom is 0.289 e. The summed E-state index contributed by atoms with van der Waals surface area (Å²) in [5.74, 6) is -1.56. The second-order valence-electron chi connectivity index (χ2n) is 6.28. The third kappa shape index (κ3) is 2.22. The number of aryl methyl sites for hydroxylation is 2. The van der Waals surface area contributed by atoms with Crippen molar-refractivity contribution < 1.29 is 9.59 Å². The number of fused-ring (bicyclic) bond motifs is 1. The first-order chi connectivity index (χ1) is 9.12. The zero-order chi connectivity index (χ0) is 15.2. The number of primary amides is 1. The van der Waals surface area contributed by atoms with Gasteiger partial charge in [0.15, 0.2) is 0 Å². The maximum absolute atomic E-state index is 11.9. The van der Waals surface area contributed by atoms with Crippen LogP contribution in [0, 0.1) is 6.92 Å². The second-order valence-corrected chi connectivity index (χ2v) is 6.28. The summed E-state index contributed by atoms with van der Waals surface area (Å²) in [6, 6.07) is 4.05. The molecule has 2 N–H and O–H groups in total. The Morgan fingerprint density at radius 1 is 1.20 bits per heavy atom. The highest BCUT2D eigenvalue weighted by Crippen LogP contribution is 2.31. The zero-order valence-electron chi connectivity index (χ0n) is 12.6. The van der Waals surface area contributed by atoms with Crippen LogP contribution in [0.5, 0.6) is 0 Å². The van der Waals surface area contributed by atoms with E-state index in [2.05, 4.69) is 27.7 Å². The van der Waals surface area contributed by atoms with Crippen LogP contribution >= 0.6 is 0 Å². The molecule has 0 atom stereocenters. The number of benzene rings is 1. The van der Waals surface area contributed by atoms with Crippen LogP contribution < -0.4 is 5.73 Å². The van der Waals surface area contributed by atoms with Gasteiger partial charge in [-0.05, 0) is 35.6 Å². The lowest BCUT2D eigenvalue weighted by atomic mass is 9.83. The van der Waals surface area contributed by atoms with Crippen LogP contribution in [0.3, 0.4) is 0 Å². The van der Waals surface area contributed by atoms with Gasteiger partial charge in [-0.25, -0.2) is 0 Å². The molecule has 20 heavy (non-hydrogen) atoms. The van der Waals surface area contributed by atoms with E-state index in [0.29, 0.717) is 5.56 Å². The van der Waals surface area contributed by atoms with E-state index < -0.39 is 11.7 Å². The van der Waals surface area contributed by atoms with Gasteiger partial charge in [0.1, 0.15) is 0 Å². The minimum Gasteiger partial charge on any atom is -0.363 e. The number of ketones is 1. The second kappa shape index (κ2) is 4.47. The summed E-state index contributed by atoms with van der Waals surface area (Å²) >= 11 is 0. The fraction of sp³-hybridized carbons (Fsp3) is 0.375. The predicted octanol–water partition coefficient (Wildman–Crippen LogP) is 2.45. The highest BCUT2D eigenvalue weighted by Gasteiger charge is 2.22. The quantitative estimate of drug-likeness (QED) is 0.674. The molecule has 2 rings (SSSR count). The first-order valence-corrected chi connectivity index (χ1v) is 6.57. The van der Waals surface area contributed by atoms with E-state index in [9.17, 15) is 9.59 Å². The number of carbonyl (C=O) groups excluding carboxylic acids is 2. The Kier molecular flexibility index (Phi) is 3.20. The molecule has 106 valence electrons. The van der Waals surface area contributed by atoms with Crippen LogP contribution in [0.15, 0.2) is 18.3 Å². The van der Waals surface area contributed by atoms with Crippen molar-refractivity contribution in [3.63, 3.8) is 0 Å². The van der Waals surface area contributed by atoms with Crippen molar-refractivity contribution in [3.05, 3.63) is 35.0 Å². The summed E-state index contributed by atoms with van der Waals surface area (Å²) < 4.78 is 1.85. The van der Waals surface area contributed by atoms with Gasteiger partial charge in [-0.1, -0.05) is 20.8 Å². The maximum atomic E-state index is 11.9. The van der Waals surface area contributed by atoms with Gasteiger partial charge in [-0.3, -0.25) is 9.59 Å². The third-order valence-corrected chi connectivity index (χ3v) is 3.61. The molecule has 0 saturated heterocycles. The van der Waals surface area contributed by atoms with Crippen LogP contribution in [0.2, 0.25) is 0 Å². The lowest BCUT2D eigenvalue weighted by Gasteiger charge is -2.22. The summed E-state index contributed by atoms with van der Waals surface area (Å²) in [5, 5.41) is 0.784. The monoisotopic (exact) mass is 272 g/mol. The molecule has 0 saturated carbocycles.